The average molecular weight is 377 g/mol. The normalized spacial score (nSPS) is 24.8. The first-order chi connectivity index (χ1) is 13.5. The van der Waals surface area contributed by atoms with Crippen molar-refractivity contribution in [1.82, 2.24) is 14.8 Å². The Bertz CT molecular complexity index is 1040. The molecule has 4 nitrogen and oxygen atoms in total. The number of fused-ring (bicyclic) bond motifs is 2. The van der Waals surface area contributed by atoms with E-state index in [-0.39, 0.29) is 11.7 Å². The number of carbonyl (C=O) groups is 1. The maximum Gasteiger partial charge on any atom is 0.270 e. The topological polar surface area (TPSA) is 39.3 Å². The third-order valence-corrected chi connectivity index (χ3v) is 6.58. The maximum atomic E-state index is 14.1. The highest BCUT2D eigenvalue weighted by molar-refractivity contribution is 6.01. The smallest absolute Gasteiger partial charge is 0.270 e. The van der Waals surface area contributed by atoms with Crippen molar-refractivity contribution in [2.24, 2.45) is 11.8 Å². The summed E-state index contributed by atoms with van der Waals surface area (Å²) in [6, 6.07) is 15.9. The number of aromatic amines is 1. The summed E-state index contributed by atoms with van der Waals surface area (Å²) in [4.78, 5) is 20.7. The highest BCUT2D eigenvalue weighted by Crippen LogP contribution is 2.44. The van der Waals surface area contributed by atoms with Crippen molar-refractivity contribution in [2.45, 2.75) is 13.0 Å². The minimum atomic E-state index is -0.316. The van der Waals surface area contributed by atoms with Gasteiger partial charge >= 0.3 is 0 Å². The molecule has 0 radical (unpaired) electrons. The number of benzene rings is 2. The quantitative estimate of drug-likeness (QED) is 0.733. The van der Waals surface area contributed by atoms with E-state index in [0.717, 1.165) is 30.6 Å². The van der Waals surface area contributed by atoms with Crippen LogP contribution in [0.2, 0.25) is 0 Å². The number of halogens is 1. The number of rotatable bonds is 2. The van der Waals surface area contributed by atoms with Gasteiger partial charge in [0.1, 0.15) is 11.5 Å². The second-order valence-corrected chi connectivity index (χ2v) is 8.22. The number of likely N-dealkylation sites (tertiary alicyclic amines) is 2. The first kappa shape index (κ1) is 17.4. The van der Waals surface area contributed by atoms with Crippen LogP contribution in [0.1, 0.15) is 27.7 Å². The Morgan fingerprint density at radius 3 is 2.61 bits per heavy atom. The van der Waals surface area contributed by atoms with E-state index in [2.05, 4.69) is 41.2 Å². The Balaban J connectivity index is 1.43. The standard InChI is InChI=1S/C23H24FN3O/c1-14-17-9-6-10-19(24)21(17)25-20(14)23(28)27-12-16-11-26(2)22(18(16)13-27)15-7-4-3-5-8-15/h3-10,16,18,22,25H,11-13H2,1-2H3/t16-,18+,22-/m0/s1. The second-order valence-electron chi connectivity index (χ2n) is 8.22. The minimum absolute atomic E-state index is 0.0167. The summed E-state index contributed by atoms with van der Waals surface area (Å²) in [5, 5.41) is 0.782. The minimum Gasteiger partial charge on any atom is -0.348 e. The summed E-state index contributed by atoms with van der Waals surface area (Å²) < 4.78 is 14.1. The third-order valence-electron chi connectivity index (χ3n) is 6.58. The number of amides is 1. The molecule has 1 amide bonds. The van der Waals surface area contributed by atoms with Crippen molar-refractivity contribution in [3.63, 3.8) is 0 Å². The predicted molar refractivity (Wildman–Crippen MR) is 108 cm³/mol. The lowest BCUT2D eigenvalue weighted by Gasteiger charge is -2.26. The number of nitrogens with one attached hydrogen (secondary N) is 1. The van der Waals surface area contributed by atoms with Crippen LogP contribution < -0.4 is 0 Å². The molecule has 1 N–H and O–H groups in total. The van der Waals surface area contributed by atoms with Gasteiger partial charge < -0.3 is 9.88 Å². The van der Waals surface area contributed by atoms with E-state index < -0.39 is 0 Å². The molecule has 2 fully saturated rings. The van der Waals surface area contributed by atoms with Gasteiger partial charge in [0, 0.05) is 37.0 Å². The van der Waals surface area contributed by atoms with Crippen LogP contribution in [0.15, 0.2) is 48.5 Å². The summed E-state index contributed by atoms with van der Waals surface area (Å²) in [7, 11) is 2.17. The van der Waals surface area contributed by atoms with Gasteiger partial charge in [0.2, 0.25) is 0 Å². The predicted octanol–water partition coefficient (Wildman–Crippen LogP) is 3.99. The summed E-state index contributed by atoms with van der Waals surface area (Å²) >= 11 is 0. The molecule has 0 bridgehead atoms. The lowest BCUT2D eigenvalue weighted by Crippen LogP contribution is -2.33. The molecule has 5 heteroatoms. The highest BCUT2D eigenvalue weighted by atomic mass is 19.1. The first-order valence-electron chi connectivity index (χ1n) is 9.86. The van der Waals surface area contributed by atoms with Crippen molar-refractivity contribution in [3.05, 3.63) is 71.2 Å². The largest absolute Gasteiger partial charge is 0.348 e. The van der Waals surface area contributed by atoms with Crippen LogP contribution in [-0.2, 0) is 0 Å². The van der Waals surface area contributed by atoms with Crippen LogP contribution in [-0.4, -0.2) is 47.4 Å². The van der Waals surface area contributed by atoms with E-state index in [4.69, 9.17) is 0 Å². The Morgan fingerprint density at radius 1 is 1.07 bits per heavy atom. The van der Waals surface area contributed by atoms with E-state index in [1.54, 1.807) is 6.07 Å². The number of carbonyl (C=O) groups excluding carboxylic acids is 1. The maximum absolute atomic E-state index is 14.1. The van der Waals surface area contributed by atoms with Gasteiger partial charge in [-0.1, -0.05) is 42.5 Å². The van der Waals surface area contributed by atoms with Crippen molar-refractivity contribution in [3.8, 4) is 0 Å². The SMILES string of the molecule is Cc1c(C(=O)N2C[C@@H]3CN(C)[C@@H](c4ccccc4)[C@@H]3C2)[nH]c2c(F)cccc12. The Kier molecular flexibility index (Phi) is 4.02. The molecule has 3 heterocycles. The van der Waals surface area contributed by atoms with Crippen molar-refractivity contribution >= 4 is 16.8 Å². The van der Waals surface area contributed by atoms with Gasteiger partial charge in [-0.3, -0.25) is 9.69 Å². The van der Waals surface area contributed by atoms with E-state index in [0.29, 0.717) is 29.1 Å². The molecule has 2 aliphatic rings. The molecule has 2 saturated heterocycles. The molecule has 3 aromatic rings. The number of H-pyrrole nitrogens is 1. The monoisotopic (exact) mass is 377 g/mol. The first-order valence-corrected chi connectivity index (χ1v) is 9.86. The fourth-order valence-corrected chi connectivity index (χ4v) is 5.26. The Labute approximate surface area is 163 Å². The molecular weight excluding hydrogens is 353 g/mol. The average Bonchev–Trinajstić information content (AvgIpc) is 3.33. The lowest BCUT2D eigenvalue weighted by molar-refractivity contribution is 0.0762. The molecule has 2 aliphatic heterocycles. The summed E-state index contributed by atoms with van der Waals surface area (Å²) in [5.74, 6) is 0.569. The lowest BCUT2D eigenvalue weighted by atomic mass is 9.90. The van der Waals surface area contributed by atoms with Gasteiger partial charge in [0.05, 0.1) is 5.52 Å². The fraction of sp³-hybridized carbons (Fsp3) is 0.348. The van der Waals surface area contributed by atoms with E-state index in [9.17, 15) is 9.18 Å². The molecular formula is C23H24FN3O. The third kappa shape index (κ3) is 2.57. The highest BCUT2D eigenvalue weighted by Gasteiger charge is 2.47. The molecule has 144 valence electrons. The molecule has 0 unspecified atom stereocenters. The summed E-state index contributed by atoms with van der Waals surface area (Å²) in [6.45, 7) is 4.39. The molecule has 5 rings (SSSR count). The Hall–Kier alpha value is -2.66. The van der Waals surface area contributed by atoms with Gasteiger partial charge in [0.15, 0.2) is 0 Å². The molecule has 0 saturated carbocycles. The van der Waals surface area contributed by atoms with Gasteiger partial charge in [0.25, 0.3) is 5.91 Å². The van der Waals surface area contributed by atoms with Gasteiger partial charge in [-0.2, -0.15) is 0 Å². The zero-order chi connectivity index (χ0) is 19.4. The van der Waals surface area contributed by atoms with Crippen molar-refractivity contribution in [1.29, 1.82) is 0 Å². The number of para-hydroxylation sites is 1. The summed E-state index contributed by atoms with van der Waals surface area (Å²) in [6.07, 6.45) is 0. The van der Waals surface area contributed by atoms with Crippen LogP contribution in [0.25, 0.3) is 10.9 Å². The van der Waals surface area contributed by atoms with E-state index >= 15 is 0 Å². The van der Waals surface area contributed by atoms with Crippen LogP contribution in [0, 0.1) is 24.6 Å². The van der Waals surface area contributed by atoms with Crippen LogP contribution in [0.4, 0.5) is 4.39 Å². The van der Waals surface area contributed by atoms with Crippen LogP contribution in [0.5, 0.6) is 0 Å². The van der Waals surface area contributed by atoms with Crippen LogP contribution in [0.3, 0.4) is 0 Å². The van der Waals surface area contributed by atoms with E-state index in [1.165, 1.54) is 11.6 Å². The van der Waals surface area contributed by atoms with Crippen molar-refractivity contribution in [2.75, 3.05) is 26.7 Å². The number of aryl methyl sites for hydroxylation is 1. The number of hydrogen-bond acceptors (Lipinski definition) is 2. The number of aromatic nitrogens is 1. The molecule has 1 aromatic heterocycles. The van der Waals surface area contributed by atoms with E-state index in [1.807, 2.05) is 24.0 Å². The molecule has 0 aliphatic carbocycles. The van der Waals surface area contributed by atoms with Crippen molar-refractivity contribution < 1.29 is 9.18 Å². The Morgan fingerprint density at radius 2 is 1.86 bits per heavy atom. The van der Waals surface area contributed by atoms with Crippen LogP contribution >= 0.6 is 0 Å². The van der Waals surface area contributed by atoms with Gasteiger partial charge in [-0.25, -0.2) is 4.39 Å². The molecule has 28 heavy (non-hydrogen) atoms. The second kappa shape index (κ2) is 6.45. The zero-order valence-corrected chi connectivity index (χ0v) is 16.2. The molecule has 2 aromatic carbocycles. The molecule has 3 atom stereocenters. The number of nitrogens with zero attached hydrogens (tertiary/aromatic N) is 2. The number of hydrogen-bond donors (Lipinski definition) is 1. The van der Waals surface area contributed by atoms with Gasteiger partial charge in [-0.15, -0.1) is 0 Å². The van der Waals surface area contributed by atoms with Gasteiger partial charge in [-0.05, 0) is 37.1 Å². The zero-order valence-electron chi connectivity index (χ0n) is 16.2. The molecule has 0 spiro atoms. The fourth-order valence-electron chi connectivity index (χ4n) is 5.26. The summed E-state index contributed by atoms with van der Waals surface area (Å²) in [5.41, 5.74) is 3.08.